The molecule has 0 radical (unpaired) electrons. The highest BCUT2D eigenvalue weighted by atomic mass is 32.2. The van der Waals surface area contributed by atoms with Crippen LogP contribution in [0.4, 0.5) is 17.6 Å². The number of hydrogen-bond acceptors (Lipinski definition) is 3. The van der Waals surface area contributed by atoms with Crippen LogP contribution >= 0.6 is 11.8 Å². The number of aryl methyl sites for hydroxylation is 1. The van der Waals surface area contributed by atoms with E-state index in [9.17, 15) is 22.4 Å². The highest BCUT2D eigenvalue weighted by Gasteiger charge is 2.27. The first kappa shape index (κ1) is 15.6. The van der Waals surface area contributed by atoms with Crippen LogP contribution < -0.4 is 0 Å². The van der Waals surface area contributed by atoms with E-state index in [0.29, 0.717) is 5.52 Å². The first-order valence-electron chi connectivity index (χ1n) is 5.83. The summed E-state index contributed by atoms with van der Waals surface area (Å²) in [4.78, 5) is 14.6. The molecule has 4 nitrogen and oxygen atoms in total. The zero-order chi connectivity index (χ0) is 15.6. The number of thioether (sulfide) groups is 1. The van der Waals surface area contributed by atoms with E-state index >= 15 is 0 Å². The zero-order valence-electron chi connectivity index (χ0n) is 10.5. The number of aromatic nitrogens is 2. The second-order valence-corrected chi connectivity index (χ2v) is 5.17. The largest absolute Gasteiger partial charge is 0.481 e. The fourth-order valence-electron chi connectivity index (χ4n) is 1.76. The van der Waals surface area contributed by atoms with E-state index in [1.54, 1.807) is 0 Å². The van der Waals surface area contributed by atoms with E-state index in [-0.39, 0.29) is 16.4 Å². The van der Waals surface area contributed by atoms with E-state index in [4.69, 9.17) is 5.11 Å². The molecule has 1 aromatic carbocycles. The molecule has 114 valence electrons. The van der Waals surface area contributed by atoms with Gasteiger partial charge in [-0.2, -0.15) is 13.2 Å². The van der Waals surface area contributed by atoms with Crippen molar-refractivity contribution < 1.29 is 27.5 Å². The third kappa shape index (κ3) is 4.10. The minimum atomic E-state index is -4.36. The molecule has 1 heterocycles. The molecule has 0 fully saturated rings. The van der Waals surface area contributed by atoms with Crippen molar-refractivity contribution in [3.63, 3.8) is 0 Å². The van der Waals surface area contributed by atoms with Crippen LogP contribution in [0.15, 0.2) is 23.4 Å². The molecule has 1 aromatic heterocycles. The van der Waals surface area contributed by atoms with Gasteiger partial charge in [-0.15, -0.1) is 0 Å². The van der Waals surface area contributed by atoms with Gasteiger partial charge in [0.2, 0.25) is 0 Å². The van der Waals surface area contributed by atoms with Gasteiger partial charge in [-0.1, -0.05) is 11.8 Å². The number of carboxylic acid groups (broad SMARTS) is 1. The second-order valence-electron chi connectivity index (χ2n) is 4.23. The number of aliphatic carboxylic acids is 1. The summed E-state index contributed by atoms with van der Waals surface area (Å²) in [5.41, 5.74) is 0.540. The van der Waals surface area contributed by atoms with Crippen LogP contribution in [0.1, 0.15) is 6.42 Å². The molecule has 21 heavy (non-hydrogen) atoms. The first-order valence-corrected chi connectivity index (χ1v) is 6.82. The summed E-state index contributed by atoms with van der Waals surface area (Å²) in [6.45, 7) is -0.439. The number of benzene rings is 1. The molecule has 2 rings (SSSR count). The van der Waals surface area contributed by atoms with Crippen LogP contribution in [0, 0.1) is 5.82 Å². The van der Waals surface area contributed by atoms with Gasteiger partial charge in [0.05, 0.1) is 23.2 Å². The number of fused-ring (bicyclic) bond motifs is 1. The normalized spacial score (nSPS) is 12.0. The number of carbonyl (C=O) groups is 1. The molecule has 0 saturated carbocycles. The van der Waals surface area contributed by atoms with Gasteiger partial charge in [0.1, 0.15) is 5.82 Å². The standard InChI is InChI=1S/C12H10F4N2O2S/c13-7-1-2-8-9(5-7)18(4-3-12(14,15)16)11(17-8)21-6-10(19)20/h1-2,5H,3-4,6H2,(H,19,20). The van der Waals surface area contributed by atoms with Crippen LogP contribution in [-0.4, -0.2) is 32.6 Å². The van der Waals surface area contributed by atoms with Crippen molar-refractivity contribution in [2.24, 2.45) is 0 Å². The highest BCUT2D eigenvalue weighted by Crippen LogP contribution is 2.28. The Morgan fingerprint density at radius 3 is 2.71 bits per heavy atom. The molecule has 0 amide bonds. The van der Waals surface area contributed by atoms with Crippen molar-refractivity contribution in [3.8, 4) is 0 Å². The lowest BCUT2D eigenvalue weighted by Crippen LogP contribution is -2.13. The van der Waals surface area contributed by atoms with Gasteiger partial charge in [0.25, 0.3) is 0 Å². The Labute approximate surface area is 120 Å². The first-order chi connectivity index (χ1) is 9.76. The molecular weight excluding hydrogens is 312 g/mol. The summed E-state index contributed by atoms with van der Waals surface area (Å²) in [7, 11) is 0. The van der Waals surface area contributed by atoms with Crippen LogP contribution in [0.5, 0.6) is 0 Å². The molecule has 0 spiro atoms. The Morgan fingerprint density at radius 1 is 1.38 bits per heavy atom. The van der Waals surface area contributed by atoms with Crippen molar-refractivity contribution in [3.05, 3.63) is 24.0 Å². The fraction of sp³-hybridized carbons (Fsp3) is 0.333. The Balaban J connectivity index is 2.38. The molecule has 0 aliphatic carbocycles. The number of hydrogen-bond donors (Lipinski definition) is 1. The van der Waals surface area contributed by atoms with Gasteiger partial charge in [0, 0.05) is 6.54 Å². The summed E-state index contributed by atoms with van der Waals surface area (Å²) in [5.74, 6) is -2.04. The van der Waals surface area contributed by atoms with E-state index in [2.05, 4.69) is 4.98 Å². The molecule has 0 atom stereocenters. The number of imidazole rings is 1. The SMILES string of the molecule is O=C(O)CSc1nc2ccc(F)cc2n1CCC(F)(F)F. The van der Waals surface area contributed by atoms with Crippen molar-refractivity contribution in [1.29, 1.82) is 0 Å². The van der Waals surface area contributed by atoms with Gasteiger partial charge < -0.3 is 9.67 Å². The van der Waals surface area contributed by atoms with Crippen molar-refractivity contribution in [1.82, 2.24) is 9.55 Å². The molecule has 0 bridgehead atoms. The molecule has 2 aromatic rings. The Hall–Kier alpha value is -1.77. The van der Waals surface area contributed by atoms with Gasteiger partial charge in [0.15, 0.2) is 5.16 Å². The van der Waals surface area contributed by atoms with Gasteiger partial charge >= 0.3 is 12.1 Å². The lowest BCUT2D eigenvalue weighted by molar-refractivity contribution is -0.137. The summed E-state index contributed by atoms with van der Waals surface area (Å²) in [6.07, 6.45) is -5.46. The maximum Gasteiger partial charge on any atom is 0.390 e. The molecule has 0 aliphatic rings. The maximum absolute atomic E-state index is 13.2. The van der Waals surface area contributed by atoms with Crippen LogP contribution in [0.3, 0.4) is 0 Å². The molecular formula is C12H10F4N2O2S. The van der Waals surface area contributed by atoms with Crippen molar-refractivity contribution in [2.45, 2.75) is 24.3 Å². The van der Waals surface area contributed by atoms with E-state index in [1.165, 1.54) is 10.6 Å². The number of rotatable bonds is 5. The van der Waals surface area contributed by atoms with Gasteiger partial charge in [-0.25, -0.2) is 9.37 Å². The predicted molar refractivity (Wildman–Crippen MR) is 68.7 cm³/mol. The minimum Gasteiger partial charge on any atom is -0.481 e. The van der Waals surface area contributed by atoms with Crippen LogP contribution in [-0.2, 0) is 11.3 Å². The highest BCUT2D eigenvalue weighted by molar-refractivity contribution is 7.99. The van der Waals surface area contributed by atoms with Crippen LogP contribution in [0.2, 0.25) is 0 Å². The molecule has 9 heteroatoms. The molecule has 1 N–H and O–H groups in total. The average Bonchev–Trinajstić information content (AvgIpc) is 2.70. The van der Waals surface area contributed by atoms with E-state index < -0.39 is 30.9 Å². The molecule has 0 unspecified atom stereocenters. The quantitative estimate of drug-likeness (QED) is 0.678. The predicted octanol–water partition coefficient (Wildman–Crippen LogP) is 3.30. The fourth-order valence-corrected chi connectivity index (χ4v) is 2.53. The number of carboxylic acids is 1. The lowest BCUT2D eigenvalue weighted by Gasteiger charge is -2.10. The smallest absolute Gasteiger partial charge is 0.390 e. The average molecular weight is 322 g/mol. The Bertz CT molecular complexity index is 669. The topological polar surface area (TPSA) is 55.1 Å². The van der Waals surface area contributed by atoms with Crippen molar-refractivity contribution in [2.75, 3.05) is 5.75 Å². The van der Waals surface area contributed by atoms with Gasteiger partial charge in [-0.05, 0) is 18.2 Å². The number of nitrogens with zero attached hydrogens (tertiary/aromatic N) is 2. The Morgan fingerprint density at radius 2 is 2.10 bits per heavy atom. The van der Waals surface area contributed by atoms with Crippen LogP contribution in [0.25, 0.3) is 11.0 Å². The molecule has 0 aliphatic heterocycles. The summed E-state index contributed by atoms with van der Waals surface area (Å²) in [5, 5.41) is 8.77. The second kappa shape index (κ2) is 5.92. The summed E-state index contributed by atoms with van der Waals surface area (Å²) < 4.78 is 51.5. The zero-order valence-corrected chi connectivity index (χ0v) is 11.3. The number of halogens is 4. The third-order valence-electron chi connectivity index (χ3n) is 2.62. The minimum absolute atomic E-state index is 0.127. The van der Waals surface area contributed by atoms with E-state index in [0.717, 1.165) is 23.9 Å². The number of alkyl halides is 3. The monoisotopic (exact) mass is 322 g/mol. The summed E-state index contributed by atoms with van der Waals surface area (Å²) >= 11 is 0.800. The maximum atomic E-state index is 13.2. The van der Waals surface area contributed by atoms with Crippen molar-refractivity contribution >= 4 is 28.8 Å². The Kier molecular flexibility index (Phi) is 4.40. The molecule has 0 saturated heterocycles. The van der Waals surface area contributed by atoms with Gasteiger partial charge in [-0.3, -0.25) is 4.79 Å². The third-order valence-corrected chi connectivity index (χ3v) is 3.58. The summed E-state index contributed by atoms with van der Waals surface area (Å²) in [6, 6.07) is 3.58. The van der Waals surface area contributed by atoms with E-state index in [1.807, 2.05) is 0 Å². The lowest BCUT2D eigenvalue weighted by atomic mass is 10.3.